The van der Waals surface area contributed by atoms with Gasteiger partial charge in [-0.25, -0.2) is 4.98 Å². The summed E-state index contributed by atoms with van der Waals surface area (Å²) < 4.78 is 5.36. The average Bonchev–Trinajstić information content (AvgIpc) is 2.75. The molecule has 1 aliphatic heterocycles. The van der Waals surface area contributed by atoms with Crippen LogP contribution in [-0.2, 0) is 16.6 Å². The Morgan fingerprint density at radius 2 is 2.06 bits per heavy atom. The molecule has 1 aromatic rings. The summed E-state index contributed by atoms with van der Waals surface area (Å²) in [6.07, 6.45) is 0.453. The number of rotatable bonds is 2. The molecule has 0 radical (unpaired) electrons. The number of nitrogens with zero attached hydrogens (tertiary/aromatic N) is 3. The summed E-state index contributed by atoms with van der Waals surface area (Å²) in [5, 5.41) is 9.96. The van der Waals surface area contributed by atoms with Gasteiger partial charge < -0.3 is 9.64 Å². The number of nitriles is 1. The van der Waals surface area contributed by atoms with Crippen LogP contribution in [-0.4, -0.2) is 31.3 Å². The fourth-order valence-corrected chi connectivity index (χ4v) is 3.26. The molecule has 0 atom stereocenters. The lowest BCUT2D eigenvalue weighted by atomic mass is 9.91. The van der Waals surface area contributed by atoms with E-state index in [1.54, 1.807) is 11.3 Å². The van der Waals surface area contributed by atoms with Gasteiger partial charge in [0, 0.05) is 23.4 Å². The Kier molecular flexibility index (Phi) is 3.88. The van der Waals surface area contributed by atoms with E-state index in [2.05, 4.69) is 31.7 Å². The number of anilines is 1. The molecule has 4 nitrogen and oxygen atoms in total. The van der Waals surface area contributed by atoms with Gasteiger partial charge in [-0.3, -0.25) is 0 Å². The van der Waals surface area contributed by atoms with Crippen LogP contribution >= 0.6 is 11.3 Å². The minimum absolute atomic E-state index is 0.00673. The van der Waals surface area contributed by atoms with E-state index < -0.39 is 0 Å². The minimum Gasteiger partial charge on any atom is -0.378 e. The van der Waals surface area contributed by atoms with Gasteiger partial charge in [-0.15, -0.1) is 11.3 Å². The van der Waals surface area contributed by atoms with Crippen molar-refractivity contribution in [2.24, 2.45) is 0 Å². The molecule has 5 heteroatoms. The van der Waals surface area contributed by atoms with Gasteiger partial charge in [0.25, 0.3) is 0 Å². The van der Waals surface area contributed by atoms with Crippen LogP contribution in [0.3, 0.4) is 0 Å². The van der Waals surface area contributed by atoms with Crippen LogP contribution in [0.5, 0.6) is 0 Å². The molecule has 2 heterocycles. The smallest absolute Gasteiger partial charge is 0.185 e. The number of ether oxygens (including phenoxy) is 1. The second-order valence-corrected chi connectivity index (χ2v) is 6.51. The Balaban J connectivity index is 2.30. The molecule has 0 aromatic carbocycles. The molecule has 0 saturated carbocycles. The van der Waals surface area contributed by atoms with Gasteiger partial charge in [-0.2, -0.15) is 5.26 Å². The van der Waals surface area contributed by atoms with Crippen molar-refractivity contribution < 1.29 is 4.74 Å². The molecule has 1 aliphatic rings. The molecular weight excluding hydrogens is 246 g/mol. The Morgan fingerprint density at radius 1 is 1.39 bits per heavy atom. The van der Waals surface area contributed by atoms with Crippen LogP contribution < -0.4 is 4.90 Å². The number of hydrogen-bond donors (Lipinski definition) is 0. The summed E-state index contributed by atoms with van der Waals surface area (Å²) in [6, 6.07) is 2.24. The van der Waals surface area contributed by atoms with Crippen molar-refractivity contribution in [3.63, 3.8) is 0 Å². The van der Waals surface area contributed by atoms with Crippen molar-refractivity contribution in [3.8, 4) is 6.07 Å². The summed E-state index contributed by atoms with van der Waals surface area (Å²) in [5.41, 5.74) is 1.06. The maximum atomic E-state index is 8.92. The Labute approximate surface area is 112 Å². The predicted molar refractivity (Wildman–Crippen MR) is 73.2 cm³/mol. The molecule has 98 valence electrons. The number of morpholine rings is 1. The first-order chi connectivity index (χ1) is 8.52. The summed E-state index contributed by atoms with van der Waals surface area (Å²) in [4.78, 5) is 8.12. The molecule has 0 amide bonds. The Bertz CT molecular complexity index is 450. The van der Waals surface area contributed by atoms with Crippen LogP contribution in [0.1, 0.15) is 31.3 Å². The van der Waals surface area contributed by atoms with E-state index >= 15 is 0 Å². The van der Waals surface area contributed by atoms with E-state index in [1.807, 2.05) is 0 Å². The van der Waals surface area contributed by atoms with E-state index in [0.29, 0.717) is 6.42 Å². The predicted octanol–water partition coefficient (Wildman–Crippen LogP) is 2.34. The lowest BCUT2D eigenvalue weighted by Gasteiger charge is -2.26. The lowest BCUT2D eigenvalue weighted by Crippen LogP contribution is -2.36. The van der Waals surface area contributed by atoms with Gasteiger partial charge in [0.05, 0.1) is 31.4 Å². The monoisotopic (exact) mass is 265 g/mol. The largest absolute Gasteiger partial charge is 0.378 e. The third-order valence-electron chi connectivity index (χ3n) is 2.92. The van der Waals surface area contributed by atoms with Gasteiger partial charge in [-0.1, -0.05) is 20.8 Å². The topological polar surface area (TPSA) is 49.2 Å². The zero-order valence-corrected chi connectivity index (χ0v) is 12.0. The summed E-state index contributed by atoms with van der Waals surface area (Å²) in [5.74, 6) is 0. The number of thiazole rings is 1. The van der Waals surface area contributed by atoms with Gasteiger partial charge in [0.2, 0.25) is 0 Å². The number of aromatic nitrogens is 1. The maximum Gasteiger partial charge on any atom is 0.185 e. The quantitative estimate of drug-likeness (QED) is 0.823. The van der Waals surface area contributed by atoms with Crippen molar-refractivity contribution >= 4 is 16.5 Å². The second kappa shape index (κ2) is 5.25. The van der Waals surface area contributed by atoms with Crippen molar-refractivity contribution in [2.45, 2.75) is 32.6 Å². The maximum absolute atomic E-state index is 8.92. The van der Waals surface area contributed by atoms with Crippen LogP contribution in [0, 0.1) is 11.3 Å². The molecule has 0 unspecified atom stereocenters. The molecule has 18 heavy (non-hydrogen) atoms. The van der Waals surface area contributed by atoms with Crippen LogP contribution in [0.25, 0.3) is 0 Å². The van der Waals surface area contributed by atoms with Gasteiger partial charge in [-0.05, 0) is 0 Å². The van der Waals surface area contributed by atoms with Gasteiger partial charge in [0.1, 0.15) is 0 Å². The zero-order valence-electron chi connectivity index (χ0n) is 11.2. The third-order valence-corrected chi connectivity index (χ3v) is 4.03. The Hall–Kier alpha value is -1.12. The van der Waals surface area contributed by atoms with Crippen molar-refractivity contribution in [3.05, 3.63) is 10.6 Å². The standard InChI is InChI=1S/C13H19N3OS/c1-13(2,3)11-10(4-5-14)18-12(15-11)16-6-8-17-9-7-16/h4,6-9H2,1-3H3. The highest BCUT2D eigenvalue weighted by molar-refractivity contribution is 7.15. The number of hydrogen-bond acceptors (Lipinski definition) is 5. The zero-order chi connectivity index (χ0) is 13.2. The molecule has 1 fully saturated rings. The second-order valence-electron chi connectivity index (χ2n) is 5.45. The third kappa shape index (κ3) is 2.82. The molecule has 1 saturated heterocycles. The lowest BCUT2D eigenvalue weighted by molar-refractivity contribution is 0.122. The van der Waals surface area contributed by atoms with Gasteiger partial charge >= 0.3 is 0 Å². The first kappa shape index (κ1) is 13.3. The molecule has 0 N–H and O–H groups in total. The SMILES string of the molecule is CC(C)(C)c1nc(N2CCOCC2)sc1CC#N. The van der Waals surface area contributed by atoms with Crippen molar-refractivity contribution in [1.29, 1.82) is 5.26 Å². The fourth-order valence-electron chi connectivity index (χ4n) is 2.01. The first-order valence-corrected chi connectivity index (χ1v) is 7.04. The highest BCUT2D eigenvalue weighted by Crippen LogP contribution is 2.34. The van der Waals surface area contributed by atoms with E-state index in [-0.39, 0.29) is 5.41 Å². The van der Waals surface area contributed by atoms with Crippen LogP contribution in [0.15, 0.2) is 0 Å². The first-order valence-electron chi connectivity index (χ1n) is 6.22. The van der Waals surface area contributed by atoms with E-state index in [9.17, 15) is 0 Å². The fraction of sp³-hybridized carbons (Fsp3) is 0.692. The Morgan fingerprint density at radius 3 is 2.61 bits per heavy atom. The van der Waals surface area contributed by atoms with E-state index in [4.69, 9.17) is 15.0 Å². The minimum atomic E-state index is -0.00673. The van der Waals surface area contributed by atoms with E-state index in [0.717, 1.165) is 42.0 Å². The highest BCUT2D eigenvalue weighted by Gasteiger charge is 2.25. The molecule has 1 aromatic heterocycles. The van der Waals surface area contributed by atoms with Crippen LogP contribution in [0.4, 0.5) is 5.13 Å². The van der Waals surface area contributed by atoms with Crippen molar-refractivity contribution in [1.82, 2.24) is 4.98 Å². The summed E-state index contributed by atoms with van der Waals surface area (Å²) in [6.45, 7) is 9.74. The molecule has 0 spiro atoms. The molecule has 2 rings (SSSR count). The normalized spacial score (nSPS) is 16.7. The van der Waals surface area contributed by atoms with Crippen LogP contribution in [0.2, 0.25) is 0 Å². The average molecular weight is 265 g/mol. The van der Waals surface area contributed by atoms with Crippen molar-refractivity contribution in [2.75, 3.05) is 31.2 Å². The van der Waals surface area contributed by atoms with Gasteiger partial charge in [0.15, 0.2) is 5.13 Å². The van der Waals surface area contributed by atoms with E-state index in [1.165, 1.54) is 0 Å². The molecular formula is C13H19N3OS. The molecule has 0 aliphatic carbocycles. The summed E-state index contributed by atoms with van der Waals surface area (Å²) >= 11 is 1.65. The highest BCUT2D eigenvalue weighted by atomic mass is 32.1. The molecule has 0 bridgehead atoms. The summed E-state index contributed by atoms with van der Waals surface area (Å²) in [7, 11) is 0.